The first-order valence-corrected chi connectivity index (χ1v) is 7.82. The van der Waals surface area contributed by atoms with E-state index in [9.17, 15) is 4.79 Å². The van der Waals surface area contributed by atoms with Crippen molar-refractivity contribution in [1.29, 1.82) is 0 Å². The fraction of sp³-hybridized carbons (Fsp3) is 0.316. The van der Waals surface area contributed by atoms with Gasteiger partial charge in [-0.3, -0.25) is 0 Å². The van der Waals surface area contributed by atoms with Crippen LogP contribution in [-0.4, -0.2) is 31.1 Å². The summed E-state index contributed by atoms with van der Waals surface area (Å²) in [5.41, 5.74) is 2.57. The molecule has 0 unspecified atom stereocenters. The van der Waals surface area contributed by atoms with Crippen molar-refractivity contribution in [3.8, 4) is 0 Å². The Balaban J connectivity index is 1.62. The molecule has 1 N–H and O–H groups in total. The molecule has 22 heavy (non-hydrogen) atoms. The highest BCUT2D eigenvalue weighted by atomic mass is 16.2. The van der Waals surface area contributed by atoms with Crippen LogP contribution in [0.1, 0.15) is 17.5 Å². The van der Waals surface area contributed by atoms with Gasteiger partial charge in [-0.05, 0) is 30.4 Å². The van der Waals surface area contributed by atoms with E-state index in [1.165, 1.54) is 11.1 Å². The van der Waals surface area contributed by atoms with Crippen molar-refractivity contribution in [2.75, 3.05) is 20.1 Å². The summed E-state index contributed by atoms with van der Waals surface area (Å²) in [4.78, 5) is 13.7. The number of nitrogens with one attached hydrogen (secondary N) is 1. The van der Waals surface area contributed by atoms with Crippen molar-refractivity contribution in [3.05, 3.63) is 71.8 Å². The molecule has 0 aromatic heterocycles. The molecule has 0 radical (unpaired) electrons. The number of hydrogen-bond donors (Lipinski definition) is 1. The molecule has 0 bridgehead atoms. The largest absolute Gasteiger partial charge is 0.338 e. The summed E-state index contributed by atoms with van der Waals surface area (Å²) in [6.45, 7) is 1.44. The molecule has 3 nitrogen and oxygen atoms in total. The van der Waals surface area contributed by atoms with Gasteiger partial charge < -0.3 is 10.2 Å². The van der Waals surface area contributed by atoms with Gasteiger partial charge in [0.25, 0.3) is 0 Å². The fourth-order valence-electron chi connectivity index (χ4n) is 2.31. The van der Waals surface area contributed by atoms with Crippen LogP contribution in [0.2, 0.25) is 0 Å². The minimum atomic E-state index is 0.00370. The zero-order valence-corrected chi connectivity index (χ0v) is 13.2. The van der Waals surface area contributed by atoms with Crippen LogP contribution in [0.15, 0.2) is 60.7 Å². The van der Waals surface area contributed by atoms with Gasteiger partial charge in [-0.25, -0.2) is 4.79 Å². The van der Waals surface area contributed by atoms with E-state index in [0.717, 1.165) is 25.8 Å². The second-order valence-electron chi connectivity index (χ2n) is 5.48. The maximum atomic E-state index is 12.0. The first-order chi connectivity index (χ1) is 10.8. The van der Waals surface area contributed by atoms with Crippen molar-refractivity contribution >= 4 is 6.03 Å². The first kappa shape index (κ1) is 16.1. The molecule has 0 aliphatic rings. The number of carbonyl (C=O) groups is 1. The highest BCUT2D eigenvalue weighted by Crippen LogP contribution is 2.02. The second kappa shape index (κ2) is 8.88. The van der Waals surface area contributed by atoms with E-state index in [1.807, 2.05) is 43.4 Å². The molecule has 0 saturated heterocycles. The van der Waals surface area contributed by atoms with Gasteiger partial charge >= 0.3 is 6.03 Å². The lowest BCUT2D eigenvalue weighted by atomic mass is 10.1. The van der Waals surface area contributed by atoms with E-state index >= 15 is 0 Å². The van der Waals surface area contributed by atoms with E-state index in [4.69, 9.17) is 0 Å². The molecule has 0 saturated carbocycles. The number of aryl methyl sites for hydroxylation is 1. The smallest absolute Gasteiger partial charge is 0.317 e. The Kier molecular flexibility index (Phi) is 6.49. The molecule has 116 valence electrons. The van der Waals surface area contributed by atoms with E-state index in [0.29, 0.717) is 6.54 Å². The molecule has 2 amide bonds. The topological polar surface area (TPSA) is 32.3 Å². The van der Waals surface area contributed by atoms with Crippen LogP contribution in [0.3, 0.4) is 0 Å². The van der Waals surface area contributed by atoms with Gasteiger partial charge in [0.05, 0.1) is 0 Å². The van der Waals surface area contributed by atoms with Crippen LogP contribution < -0.4 is 5.32 Å². The van der Waals surface area contributed by atoms with Crippen LogP contribution >= 0.6 is 0 Å². The van der Waals surface area contributed by atoms with Gasteiger partial charge in [0.1, 0.15) is 0 Å². The lowest BCUT2D eigenvalue weighted by Crippen LogP contribution is -2.38. The normalized spacial score (nSPS) is 10.2. The van der Waals surface area contributed by atoms with Crippen molar-refractivity contribution in [2.45, 2.75) is 19.3 Å². The third-order valence-electron chi connectivity index (χ3n) is 3.69. The Morgan fingerprint density at radius 3 is 2.05 bits per heavy atom. The summed E-state index contributed by atoms with van der Waals surface area (Å²) in [6.07, 6.45) is 2.84. The SMILES string of the molecule is CN(CCc1ccccc1)C(=O)NCCCc1ccccc1. The number of rotatable bonds is 7. The van der Waals surface area contributed by atoms with E-state index < -0.39 is 0 Å². The predicted octanol–water partition coefficient (Wildman–Crippen LogP) is 3.50. The molecule has 0 heterocycles. The van der Waals surface area contributed by atoms with Gasteiger partial charge in [0, 0.05) is 20.1 Å². The van der Waals surface area contributed by atoms with Crippen molar-refractivity contribution < 1.29 is 4.79 Å². The summed E-state index contributed by atoms with van der Waals surface area (Å²) in [5, 5.41) is 2.98. The van der Waals surface area contributed by atoms with Crippen LogP contribution in [0.25, 0.3) is 0 Å². The average molecular weight is 296 g/mol. The Bertz CT molecular complexity index is 554. The number of nitrogens with zero attached hydrogens (tertiary/aromatic N) is 1. The van der Waals surface area contributed by atoms with Crippen LogP contribution in [-0.2, 0) is 12.8 Å². The maximum Gasteiger partial charge on any atom is 0.317 e. The lowest BCUT2D eigenvalue weighted by Gasteiger charge is -2.18. The highest BCUT2D eigenvalue weighted by molar-refractivity contribution is 5.73. The summed E-state index contributed by atoms with van der Waals surface area (Å²) in [6, 6.07) is 20.6. The lowest BCUT2D eigenvalue weighted by molar-refractivity contribution is 0.209. The minimum absolute atomic E-state index is 0.00370. The number of carbonyl (C=O) groups excluding carboxylic acids is 1. The molecule has 2 rings (SSSR count). The summed E-state index contributed by atoms with van der Waals surface area (Å²) < 4.78 is 0. The number of likely N-dealkylation sites (N-methyl/N-ethyl adjacent to an activating group) is 1. The molecule has 0 fully saturated rings. The molecular weight excluding hydrogens is 272 g/mol. The third-order valence-corrected chi connectivity index (χ3v) is 3.69. The molecule has 3 heteroatoms. The predicted molar refractivity (Wildman–Crippen MR) is 90.9 cm³/mol. The molecular formula is C19H24N2O. The first-order valence-electron chi connectivity index (χ1n) is 7.82. The number of urea groups is 1. The average Bonchev–Trinajstić information content (AvgIpc) is 2.58. The van der Waals surface area contributed by atoms with Crippen molar-refractivity contribution in [2.24, 2.45) is 0 Å². The monoisotopic (exact) mass is 296 g/mol. The van der Waals surface area contributed by atoms with E-state index in [1.54, 1.807) is 4.90 Å². The molecule has 2 aromatic rings. The Hall–Kier alpha value is -2.29. The van der Waals surface area contributed by atoms with Gasteiger partial charge in [-0.2, -0.15) is 0 Å². The van der Waals surface area contributed by atoms with Gasteiger partial charge in [-0.1, -0.05) is 60.7 Å². The number of benzene rings is 2. The van der Waals surface area contributed by atoms with Crippen LogP contribution in [0, 0.1) is 0 Å². The van der Waals surface area contributed by atoms with E-state index in [-0.39, 0.29) is 6.03 Å². The Morgan fingerprint density at radius 2 is 1.45 bits per heavy atom. The molecule has 0 atom stereocenters. The van der Waals surface area contributed by atoms with Gasteiger partial charge in [0.2, 0.25) is 0 Å². The van der Waals surface area contributed by atoms with Gasteiger partial charge in [0.15, 0.2) is 0 Å². The third kappa shape index (κ3) is 5.60. The summed E-state index contributed by atoms with van der Waals surface area (Å²) in [5.74, 6) is 0. The van der Waals surface area contributed by atoms with Gasteiger partial charge in [-0.15, -0.1) is 0 Å². The second-order valence-corrected chi connectivity index (χ2v) is 5.48. The van der Waals surface area contributed by atoms with Crippen molar-refractivity contribution in [3.63, 3.8) is 0 Å². The molecule has 0 aliphatic heterocycles. The summed E-state index contributed by atoms with van der Waals surface area (Å²) in [7, 11) is 1.84. The van der Waals surface area contributed by atoms with Crippen molar-refractivity contribution in [1.82, 2.24) is 10.2 Å². The van der Waals surface area contributed by atoms with Crippen LogP contribution in [0.5, 0.6) is 0 Å². The highest BCUT2D eigenvalue weighted by Gasteiger charge is 2.07. The maximum absolute atomic E-state index is 12.0. The summed E-state index contributed by atoms with van der Waals surface area (Å²) >= 11 is 0. The number of hydrogen-bond acceptors (Lipinski definition) is 1. The molecule has 2 aromatic carbocycles. The van der Waals surface area contributed by atoms with E-state index in [2.05, 4.69) is 29.6 Å². The zero-order chi connectivity index (χ0) is 15.6. The van der Waals surface area contributed by atoms with Crippen LogP contribution in [0.4, 0.5) is 4.79 Å². The Morgan fingerprint density at radius 1 is 0.909 bits per heavy atom. The molecule has 0 spiro atoms. The molecule has 0 aliphatic carbocycles. The minimum Gasteiger partial charge on any atom is -0.338 e. The standard InChI is InChI=1S/C19H24N2O/c1-21(16-14-18-11-6-3-7-12-18)19(22)20-15-8-13-17-9-4-2-5-10-17/h2-7,9-12H,8,13-16H2,1H3,(H,20,22). The Labute approximate surface area is 133 Å². The fourth-order valence-corrected chi connectivity index (χ4v) is 2.31. The zero-order valence-electron chi connectivity index (χ0n) is 13.2. The quantitative estimate of drug-likeness (QED) is 0.779. The number of amides is 2.